The zero-order valence-corrected chi connectivity index (χ0v) is 11.2. The Bertz CT molecular complexity index is 512. The van der Waals surface area contributed by atoms with Gasteiger partial charge in [0.25, 0.3) is 0 Å². The fraction of sp³-hybridized carbons (Fsp3) is 0.417. The van der Waals surface area contributed by atoms with E-state index in [1.165, 1.54) is 0 Å². The van der Waals surface area contributed by atoms with E-state index in [1.807, 2.05) is 22.9 Å². The summed E-state index contributed by atoms with van der Waals surface area (Å²) in [6, 6.07) is 7.21. The lowest BCUT2D eigenvalue weighted by Gasteiger charge is -2.07. The fourth-order valence-corrected chi connectivity index (χ4v) is 2.64. The van der Waals surface area contributed by atoms with Crippen LogP contribution in [0.25, 0.3) is 0 Å². The molecule has 0 saturated carbocycles. The van der Waals surface area contributed by atoms with Gasteiger partial charge in [0.05, 0.1) is 5.75 Å². The number of anilines is 1. The second kappa shape index (κ2) is 6.39. The van der Waals surface area contributed by atoms with Crippen LogP contribution in [0.1, 0.15) is 25.3 Å². The van der Waals surface area contributed by atoms with Gasteiger partial charge in [-0.1, -0.05) is 25.1 Å². The molecular weight excluding hydrogens is 252 g/mol. The van der Waals surface area contributed by atoms with Gasteiger partial charge in [-0.3, -0.25) is 9.52 Å². The molecule has 0 radical (unpaired) electrons. The first-order chi connectivity index (χ1) is 8.44. The van der Waals surface area contributed by atoms with Crippen molar-refractivity contribution in [3.8, 4) is 0 Å². The van der Waals surface area contributed by atoms with Crippen molar-refractivity contribution < 1.29 is 13.2 Å². The molecule has 1 aromatic rings. The van der Waals surface area contributed by atoms with Gasteiger partial charge in [0.1, 0.15) is 0 Å². The van der Waals surface area contributed by atoms with E-state index in [0.29, 0.717) is 18.5 Å². The van der Waals surface area contributed by atoms with Gasteiger partial charge in [-0.15, -0.1) is 0 Å². The number of hydrogen-bond acceptors (Lipinski definition) is 4. The highest BCUT2D eigenvalue weighted by molar-refractivity contribution is 7.90. The van der Waals surface area contributed by atoms with Crippen LogP contribution in [0.3, 0.4) is 0 Å². The van der Waals surface area contributed by atoms with Gasteiger partial charge in [0.15, 0.2) is 0 Å². The number of nitrogen functional groups attached to an aromatic ring is 1. The maximum atomic E-state index is 11.5. The summed E-state index contributed by atoms with van der Waals surface area (Å²) in [6.45, 7) is 1.74. The largest absolute Gasteiger partial charge is 0.399 e. The molecule has 0 aliphatic carbocycles. The smallest absolute Gasteiger partial charge is 0.234 e. The predicted octanol–water partition coefficient (Wildman–Crippen LogP) is 1.06. The van der Waals surface area contributed by atoms with Crippen molar-refractivity contribution in [2.24, 2.45) is 0 Å². The van der Waals surface area contributed by atoms with Gasteiger partial charge in [-0.2, -0.15) is 0 Å². The zero-order chi connectivity index (χ0) is 13.6. The van der Waals surface area contributed by atoms with E-state index in [2.05, 4.69) is 0 Å². The molecule has 100 valence electrons. The fourth-order valence-electron chi connectivity index (χ4n) is 1.55. The summed E-state index contributed by atoms with van der Waals surface area (Å²) < 4.78 is 24.8. The molecule has 0 atom stereocenters. The van der Waals surface area contributed by atoms with Gasteiger partial charge in [-0.05, 0) is 24.5 Å². The molecule has 0 fully saturated rings. The Balaban J connectivity index is 2.50. The molecule has 0 unspecified atom stereocenters. The van der Waals surface area contributed by atoms with Crippen LogP contribution < -0.4 is 10.5 Å². The SMILES string of the molecule is CCCS(=O)(=O)NC(=O)CCc1ccccc1N. The van der Waals surface area contributed by atoms with E-state index < -0.39 is 15.9 Å². The van der Waals surface area contributed by atoms with Crippen molar-refractivity contribution in [2.75, 3.05) is 11.5 Å². The molecule has 0 aliphatic rings. The minimum absolute atomic E-state index is 0.0355. The van der Waals surface area contributed by atoms with Crippen LogP contribution in [-0.4, -0.2) is 20.1 Å². The maximum absolute atomic E-state index is 11.5. The van der Waals surface area contributed by atoms with Gasteiger partial charge >= 0.3 is 0 Å². The second-order valence-corrected chi connectivity index (χ2v) is 5.88. The number of para-hydroxylation sites is 1. The Morgan fingerprint density at radius 2 is 2.00 bits per heavy atom. The Morgan fingerprint density at radius 1 is 1.33 bits per heavy atom. The van der Waals surface area contributed by atoms with E-state index in [1.54, 1.807) is 13.0 Å². The highest BCUT2D eigenvalue weighted by Crippen LogP contribution is 2.12. The number of nitrogens with one attached hydrogen (secondary N) is 1. The normalized spacial score (nSPS) is 11.2. The van der Waals surface area contributed by atoms with Gasteiger partial charge in [0, 0.05) is 12.1 Å². The highest BCUT2D eigenvalue weighted by atomic mass is 32.2. The van der Waals surface area contributed by atoms with Crippen molar-refractivity contribution >= 4 is 21.6 Å². The molecule has 18 heavy (non-hydrogen) atoms. The van der Waals surface area contributed by atoms with Crippen LogP contribution in [0.4, 0.5) is 5.69 Å². The first-order valence-corrected chi connectivity index (χ1v) is 7.46. The van der Waals surface area contributed by atoms with E-state index in [4.69, 9.17) is 5.73 Å². The summed E-state index contributed by atoms with van der Waals surface area (Å²) in [6.07, 6.45) is 1.02. The van der Waals surface area contributed by atoms with Crippen molar-refractivity contribution in [3.63, 3.8) is 0 Å². The summed E-state index contributed by atoms with van der Waals surface area (Å²) in [7, 11) is -3.48. The molecule has 6 heteroatoms. The van der Waals surface area contributed by atoms with Crippen LogP contribution in [0.2, 0.25) is 0 Å². The quantitative estimate of drug-likeness (QED) is 0.756. The van der Waals surface area contributed by atoms with E-state index in [0.717, 1.165) is 5.56 Å². The second-order valence-electron chi connectivity index (χ2n) is 4.04. The van der Waals surface area contributed by atoms with Crippen molar-refractivity contribution in [1.82, 2.24) is 4.72 Å². The monoisotopic (exact) mass is 270 g/mol. The van der Waals surface area contributed by atoms with Crippen molar-refractivity contribution in [3.05, 3.63) is 29.8 Å². The Labute approximate surface area is 107 Å². The average molecular weight is 270 g/mol. The molecule has 0 saturated heterocycles. The van der Waals surface area contributed by atoms with Gasteiger partial charge in [-0.25, -0.2) is 8.42 Å². The number of aryl methyl sites for hydroxylation is 1. The van der Waals surface area contributed by atoms with Gasteiger partial charge in [0.2, 0.25) is 15.9 Å². The molecule has 1 aromatic carbocycles. The van der Waals surface area contributed by atoms with E-state index in [-0.39, 0.29) is 12.2 Å². The predicted molar refractivity (Wildman–Crippen MR) is 71.4 cm³/mol. The Hall–Kier alpha value is -1.56. The molecule has 0 spiro atoms. The van der Waals surface area contributed by atoms with E-state index in [9.17, 15) is 13.2 Å². The first-order valence-electron chi connectivity index (χ1n) is 5.81. The number of nitrogens with two attached hydrogens (primary N) is 1. The molecule has 1 rings (SSSR count). The molecule has 0 aliphatic heterocycles. The van der Waals surface area contributed by atoms with Crippen molar-refractivity contribution in [2.45, 2.75) is 26.2 Å². The van der Waals surface area contributed by atoms with Gasteiger partial charge < -0.3 is 5.73 Å². The summed E-state index contributed by atoms with van der Waals surface area (Å²) in [4.78, 5) is 11.5. The molecule has 0 bridgehead atoms. The van der Waals surface area contributed by atoms with E-state index >= 15 is 0 Å². The third kappa shape index (κ3) is 4.75. The zero-order valence-electron chi connectivity index (χ0n) is 10.3. The summed E-state index contributed by atoms with van der Waals surface area (Å²) in [5.41, 5.74) is 7.19. The number of sulfonamides is 1. The first kappa shape index (κ1) is 14.5. The third-order valence-electron chi connectivity index (χ3n) is 2.42. The van der Waals surface area contributed by atoms with Crippen LogP contribution in [-0.2, 0) is 21.2 Å². The minimum atomic E-state index is -3.48. The lowest BCUT2D eigenvalue weighted by molar-refractivity contribution is -0.119. The number of benzene rings is 1. The summed E-state index contributed by atoms with van der Waals surface area (Å²) >= 11 is 0. The number of amides is 1. The topological polar surface area (TPSA) is 89.3 Å². The summed E-state index contributed by atoms with van der Waals surface area (Å²) in [5.74, 6) is -0.529. The highest BCUT2D eigenvalue weighted by Gasteiger charge is 2.13. The molecule has 5 nitrogen and oxygen atoms in total. The number of carbonyl (C=O) groups excluding carboxylic acids is 1. The average Bonchev–Trinajstić information content (AvgIpc) is 2.27. The summed E-state index contributed by atoms with van der Waals surface area (Å²) in [5, 5.41) is 0. The maximum Gasteiger partial charge on any atom is 0.234 e. The molecule has 0 heterocycles. The Kier molecular flexibility index (Phi) is 5.15. The molecular formula is C12H18N2O3S. The number of carbonyl (C=O) groups is 1. The standard InChI is InChI=1S/C12H18N2O3S/c1-2-9-18(16,17)14-12(15)8-7-10-5-3-4-6-11(10)13/h3-6H,2,7-9,13H2,1H3,(H,14,15). The lowest BCUT2D eigenvalue weighted by atomic mass is 10.1. The molecule has 1 amide bonds. The van der Waals surface area contributed by atoms with Crippen molar-refractivity contribution in [1.29, 1.82) is 0 Å². The van der Waals surface area contributed by atoms with Crippen LogP contribution >= 0.6 is 0 Å². The lowest BCUT2D eigenvalue weighted by Crippen LogP contribution is -2.32. The Morgan fingerprint density at radius 3 is 2.61 bits per heavy atom. The third-order valence-corrected chi connectivity index (χ3v) is 3.90. The van der Waals surface area contributed by atoms with Crippen LogP contribution in [0.15, 0.2) is 24.3 Å². The van der Waals surface area contributed by atoms with Crippen LogP contribution in [0.5, 0.6) is 0 Å². The minimum Gasteiger partial charge on any atom is -0.399 e. The molecule has 3 N–H and O–H groups in total. The van der Waals surface area contributed by atoms with Crippen LogP contribution in [0, 0.1) is 0 Å². The number of rotatable bonds is 6. The molecule has 0 aromatic heterocycles. The number of hydrogen-bond donors (Lipinski definition) is 2.